The summed E-state index contributed by atoms with van der Waals surface area (Å²) in [7, 11) is 0. The van der Waals surface area contributed by atoms with Gasteiger partial charge in [-0.1, -0.05) is 32.0 Å². The second-order valence-corrected chi connectivity index (χ2v) is 7.59. The molecule has 2 aromatic carbocycles. The standard InChI is InChI=1S/C26H30N2O2/c1-6-18(3)21-11-13-24(14-12-21)27-17-23-15-19(4)28(20(23)5)25-10-8-9-22(16-25)26(29)30-7-2/h8-18H,6-7H2,1-5H3/t18-/m0/s1. The molecule has 4 nitrogen and oxygen atoms in total. The average molecular weight is 403 g/mol. The number of aliphatic imine (C=N–C) groups is 1. The predicted molar refractivity (Wildman–Crippen MR) is 124 cm³/mol. The fourth-order valence-corrected chi connectivity index (χ4v) is 3.57. The van der Waals surface area contributed by atoms with Crippen LogP contribution >= 0.6 is 0 Å². The Hall–Kier alpha value is -3.14. The molecule has 0 fully saturated rings. The number of carbonyl (C=O) groups excluding carboxylic acids is 1. The molecule has 3 aromatic rings. The van der Waals surface area contributed by atoms with Crippen molar-refractivity contribution in [2.45, 2.75) is 47.0 Å². The van der Waals surface area contributed by atoms with E-state index in [0.717, 1.165) is 34.7 Å². The summed E-state index contributed by atoms with van der Waals surface area (Å²) in [5.41, 5.74) is 6.99. The third kappa shape index (κ3) is 4.70. The number of nitrogens with zero attached hydrogens (tertiary/aromatic N) is 2. The molecule has 0 unspecified atom stereocenters. The molecule has 0 aliphatic rings. The number of hydrogen-bond donors (Lipinski definition) is 0. The van der Waals surface area contributed by atoms with Gasteiger partial charge in [0.05, 0.1) is 17.9 Å². The Balaban J connectivity index is 1.86. The summed E-state index contributed by atoms with van der Waals surface area (Å²) < 4.78 is 7.27. The Labute approximate surface area is 179 Å². The van der Waals surface area contributed by atoms with E-state index in [2.05, 4.69) is 67.6 Å². The molecule has 0 aliphatic carbocycles. The van der Waals surface area contributed by atoms with E-state index in [1.54, 1.807) is 6.07 Å². The molecular formula is C26H30N2O2. The van der Waals surface area contributed by atoms with Gasteiger partial charge >= 0.3 is 5.97 Å². The number of carbonyl (C=O) groups is 1. The first-order valence-corrected chi connectivity index (χ1v) is 10.5. The number of ether oxygens (including phenoxy) is 1. The molecule has 156 valence electrons. The molecule has 0 spiro atoms. The maximum absolute atomic E-state index is 12.1. The van der Waals surface area contributed by atoms with Crippen LogP contribution in [-0.2, 0) is 4.74 Å². The van der Waals surface area contributed by atoms with E-state index in [9.17, 15) is 4.79 Å². The predicted octanol–water partition coefficient (Wildman–Crippen LogP) is 6.53. The third-order valence-electron chi connectivity index (χ3n) is 5.51. The Morgan fingerprint density at radius 2 is 1.83 bits per heavy atom. The molecule has 3 rings (SSSR count). The van der Waals surface area contributed by atoms with Crippen LogP contribution in [0.25, 0.3) is 5.69 Å². The zero-order chi connectivity index (χ0) is 21.7. The van der Waals surface area contributed by atoms with Crippen molar-refractivity contribution >= 4 is 17.9 Å². The summed E-state index contributed by atoms with van der Waals surface area (Å²) in [5, 5.41) is 0. The Kier molecular flexibility index (Phi) is 6.88. The molecule has 1 atom stereocenters. The van der Waals surface area contributed by atoms with Gasteiger partial charge in [0.15, 0.2) is 0 Å². The van der Waals surface area contributed by atoms with Crippen LogP contribution in [-0.4, -0.2) is 23.4 Å². The van der Waals surface area contributed by atoms with Crippen molar-refractivity contribution in [1.29, 1.82) is 0 Å². The van der Waals surface area contributed by atoms with Crippen molar-refractivity contribution in [3.8, 4) is 5.69 Å². The zero-order valence-electron chi connectivity index (χ0n) is 18.5. The molecule has 4 heteroatoms. The maximum atomic E-state index is 12.1. The Bertz CT molecular complexity index is 1050. The molecule has 0 bridgehead atoms. The van der Waals surface area contributed by atoms with Gasteiger partial charge in [-0.15, -0.1) is 0 Å². The number of hydrogen-bond acceptors (Lipinski definition) is 3. The van der Waals surface area contributed by atoms with Gasteiger partial charge in [0.2, 0.25) is 0 Å². The highest BCUT2D eigenvalue weighted by molar-refractivity contribution is 5.90. The minimum absolute atomic E-state index is 0.301. The minimum atomic E-state index is -0.301. The van der Waals surface area contributed by atoms with Gasteiger partial charge in [-0.05, 0) is 75.1 Å². The molecule has 30 heavy (non-hydrogen) atoms. The topological polar surface area (TPSA) is 43.6 Å². The van der Waals surface area contributed by atoms with E-state index >= 15 is 0 Å². The van der Waals surface area contributed by atoms with E-state index < -0.39 is 0 Å². The first-order chi connectivity index (χ1) is 14.4. The van der Waals surface area contributed by atoms with Crippen LogP contribution in [0.15, 0.2) is 59.6 Å². The molecule has 0 aliphatic heterocycles. The summed E-state index contributed by atoms with van der Waals surface area (Å²) in [6.45, 7) is 10.7. The van der Waals surface area contributed by atoms with Gasteiger partial charge in [0.25, 0.3) is 0 Å². The molecule has 1 aromatic heterocycles. The number of esters is 1. The first kappa shape index (κ1) is 21.6. The number of aromatic nitrogens is 1. The minimum Gasteiger partial charge on any atom is -0.462 e. The second-order valence-electron chi connectivity index (χ2n) is 7.59. The molecular weight excluding hydrogens is 372 g/mol. The molecule has 1 heterocycles. The van der Waals surface area contributed by atoms with Gasteiger partial charge in [-0.2, -0.15) is 0 Å². The van der Waals surface area contributed by atoms with Crippen LogP contribution < -0.4 is 0 Å². The Morgan fingerprint density at radius 1 is 1.10 bits per heavy atom. The summed E-state index contributed by atoms with van der Waals surface area (Å²) in [5.74, 6) is 0.261. The summed E-state index contributed by atoms with van der Waals surface area (Å²) in [6.07, 6.45) is 3.04. The van der Waals surface area contributed by atoms with Crippen molar-refractivity contribution in [3.63, 3.8) is 0 Å². The van der Waals surface area contributed by atoms with Crippen LogP contribution in [0.2, 0.25) is 0 Å². The number of rotatable bonds is 7. The van der Waals surface area contributed by atoms with Crippen LogP contribution in [0.1, 0.15) is 66.0 Å². The first-order valence-electron chi connectivity index (χ1n) is 10.5. The summed E-state index contributed by atoms with van der Waals surface area (Å²) in [4.78, 5) is 16.8. The van der Waals surface area contributed by atoms with Crippen molar-refractivity contribution < 1.29 is 9.53 Å². The lowest BCUT2D eigenvalue weighted by Crippen LogP contribution is -2.06. The van der Waals surface area contributed by atoms with Crippen LogP contribution in [0.3, 0.4) is 0 Å². The molecule has 0 radical (unpaired) electrons. The van der Waals surface area contributed by atoms with E-state index in [1.807, 2.05) is 31.3 Å². The smallest absolute Gasteiger partial charge is 0.338 e. The van der Waals surface area contributed by atoms with Gasteiger partial charge in [-0.3, -0.25) is 4.99 Å². The van der Waals surface area contributed by atoms with Crippen molar-refractivity contribution in [2.75, 3.05) is 6.61 Å². The fourth-order valence-electron chi connectivity index (χ4n) is 3.57. The zero-order valence-corrected chi connectivity index (χ0v) is 18.5. The second kappa shape index (κ2) is 9.57. The lowest BCUT2D eigenvalue weighted by molar-refractivity contribution is 0.0526. The molecule has 0 saturated carbocycles. The lowest BCUT2D eigenvalue weighted by atomic mass is 9.99. The maximum Gasteiger partial charge on any atom is 0.338 e. The average Bonchev–Trinajstić information content (AvgIpc) is 3.05. The fraction of sp³-hybridized carbons (Fsp3) is 0.308. The summed E-state index contributed by atoms with van der Waals surface area (Å²) >= 11 is 0. The van der Waals surface area contributed by atoms with Gasteiger partial charge in [-0.25, -0.2) is 4.79 Å². The van der Waals surface area contributed by atoms with Crippen molar-refractivity contribution in [3.05, 3.63) is 82.7 Å². The lowest BCUT2D eigenvalue weighted by Gasteiger charge is -2.11. The largest absolute Gasteiger partial charge is 0.462 e. The quantitative estimate of drug-likeness (QED) is 0.333. The SMILES string of the molecule is CCOC(=O)c1cccc(-n2c(C)cc(C=Nc3ccc([C@@H](C)CC)cc3)c2C)c1. The van der Waals surface area contributed by atoms with Gasteiger partial charge in [0.1, 0.15) is 0 Å². The normalized spacial score (nSPS) is 12.3. The van der Waals surface area contributed by atoms with Crippen molar-refractivity contribution in [2.24, 2.45) is 4.99 Å². The third-order valence-corrected chi connectivity index (χ3v) is 5.51. The highest BCUT2D eigenvalue weighted by Gasteiger charge is 2.12. The van der Waals surface area contributed by atoms with Crippen LogP contribution in [0.5, 0.6) is 0 Å². The monoisotopic (exact) mass is 402 g/mol. The molecule has 0 amide bonds. The highest BCUT2D eigenvalue weighted by atomic mass is 16.5. The van der Waals surface area contributed by atoms with E-state index in [0.29, 0.717) is 18.1 Å². The van der Waals surface area contributed by atoms with E-state index in [1.165, 1.54) is 5.56 Å². The number of aryl methyl sites for hydroxylation is 1. The van der Waals surface area contributed by atoms with E-state index in [-0.39, 0.29) is 5.97 Å². The molecule has 0 saturated heterocycles. The van der Waals surface area contributed by atoms with Gasteiger partial charge in [0, 0.05) is 28.9 Å². The highest BCUT2D eigenvalue weighted by Crippen LogP contribution is 2.24. The van der Waals surface area contributed by atoms with Crippen LogP contribution in [0.4, 0.5) is 5.69 Å². The summed E-state index contributed by atoms with van der Waals surface area (Å²) in [6, 6.07) is 18.1. The number of benzene rings is 2. The van der Waals surface area contributed by atoms with Gasteiger partial charge < -0.3 is 9.30 Å². The Morgan fingerprint density at radius 3 is 2.50 bits per heavy atom. The van der Waals surface area contributed by atoms with E-state index in [4.69, 9.17) is 4.74 Å². The molecule has 0 N–H and O–H groups in total. The van der Waals surface area contributed by atoms with Crippen molar-refractivity contribution in [1.82, 2.24) is 4.57 Å². The van der Waals surface area contributed by atoms with Crippen LogP contribution in [0, 0.1) is 13.8 Å².